The smallest absolute Gasteiger partial charge is 0.330 e. The second-order valence-electron chi connectivity index (χ2n) is 3.13. The maximum absolute atomic E-state index is 12.4. The molecule has 0 aliphatic heterocycles. The molecule has 0 radical (unpaired) electrons. The molecule has 16 heavy (non-hydrogen) atoms. The number of furan rings is 1. The summed E-state index contributed by atoms with van der Waals surface area (Å²) in [7, 11) is 0. The minimum atomic E-state index is -4.14. The van der Waals surface area contributed by atoms with E-state index in [0.29, 0.717) is 5.56 Å². The van der Waals surface area contributed by atoms with Crippen LogP contribution in [0.5, 0.6) is 0 Å². The van der Waals surface area contributed by atoms with Gasteiger partial charge in [-0.15, -0.1) is 0 Å². The Bertz CT molecular complexity index is 327. The van der Waals surface area contributed by atoms with Gasteiger partial charge in [0.05, 0.1) is 6.26 Å². The molecule has 0 aliphatic rings. The summed E-state index contributed by atoms with van der Waals surface area (Å²) in [4.78, 5) is 0. The summed E-state index contributed by atoms with van der Waals surface area (Å²) in [5.74, 6) is -3.87. The van der Waals surface area contributed by atoms with Crippen molar-refractivity contribution in [2.75, 3.05) is 6.61 Å². The van der Waals surface area contributed by atoms with Crippen LogP contribution in [0.15, 0.2) is 16.7 Å². The Morgan fingerprint density at radius 2 is 2.12 bits per heavy atom. The van der Waals surface area contributed by atoms with E-state index >= 15 is 0 Å². The number of nitrogens with two attached hydrogens (primary N) is 1. The summed E-state index contributed by atoms with van der Waals surface area (Å²) in [6.45, 7) is -1.49. The van der Waals surface area contributed by atoms with Gasteiger partial charge in [-0.25, -0.2) is 8.78 Å². The zero-order valence-electron chi connectivity index (χ0n) is 8.26. The predicted molar refractivity (Wildman–Crippen MR) is 47.2 cm³/mol. The lowest BCUT2D eigenvalue weighted by Gasteiger charge is -2.14. The molecule has 0 amide bonds. The molecular formula is C9H11F4NO2. The monoisotopic (exact) mass is 241 g/mol. The molecule has 1 aromatic heterocycles. The van der Waals surface area contributed by atoms with Crippen molar-refractivity contribution in [3.63, 3.8) is 0 Å². The van der Waals surface area contributed by atoms with E-state index in [1.807, 2.05) is 0 Å². The van der Waals surface area contributed by atoms with Crippen molar-refractivity contribution in [2.24, 2.45) is 5.73 Å². The molecule has 2 N–H and O–H groups in total. The predicted octanol–water partition coefficient (Wildman–Crippen LogP) is 2.16. The number of alkyl halides is 4. The van der Waals surface area contributed by atoms with E-state index in [4.69, 9.17) is 10.2 Å². The third kappa shape index (κ3) is 3.21. The van der Waals surface area contributed by atoms with Crippen LogP contribution < -0.4 is 5.73 Å². The molecular weight excluding hydrogens is 230 g/mol. The van der Waals surface area contributed by atoms with Crippen LogP contribution in [-0.2, 0) is 17.9 Å². The summed E-state index contributed by atoms with van der Waals surface area (Å²) < 4.78 is 57.7. The molecule has 1 rings (SSSR count). The van der Waals surface area contributed by atoms with Crippen molar-refractivity contribution in [2.45, 2.75) is 25.5 Å². The lowest BCUT2D eigenvalue weighted by atomic mass is 10.2. The minimum Gasteiger partial charge on any atom is -0.467 e. The first-order valence-corrected chi connectivity index (χ1v) is 4.46. The Balaban J connectivity index is 2.41. The first-order chi connectivity index (χ1) is 7.47. The molecule has 0 aromatic carbocycles. The Hall–Kier alpha value is -1.08. The van der Waals surface area contributed by atoms with E-state index in [1.54, 1.807) is 6.07 Å². The molecule has 0 unspecified atom stereocenters. The van der Waals surface area contributed by atoms with E-state index in [-0.39, 0.29) is 18.9 Å². The average molecular weight is 241 g/mol. The normalized spacial score (nSPS) is 12.4. The summed E-state index contributed by atoms with van der Waals surface area (Å²) in [6, 6.07) is 1.56. The standard InChI is InChI=1S/C9H11F4NO2/c10-8(11)9(12,13)5-15-4-7-6(3-14)1-2-16-7/h1-2,8H,3-5,14H2. The van der Waals surface area contributed by atoms with Gasteiger partial charge < -0.3 is 14.9 Å². The van der Waals surface area contributed by atoms with Crippen molar-refractivity contribution in [3.05, 3.63) is 23.7 Å². The second kappa shape index (κ2) is 5.31. The van der Waals surface area contributed by atoms with E-state index in [1.165, 1.54) is 6.26 Å². The van der Waals surface area contributed by atoms with Gasteiger partial charge in [0.1, 0.15) is 19.0 Å². The fourth-order valence-electron chi connectivity index (χ4n) is 1.02. The number of hydrogen-bond donors (Lipinski definition) is 1. The van der Waals surface area contributed by atoms with Crippen LogP contribution in [0.4, 0.5) is 17.6 Å². The molecule has 7 heteroatoms. The molecule has 92 valence electrons. The Morgan fingerprint density at radius 3 is 2.69 bits per heavy atom. The van der Waals surface area contributed by atoms with Crippen LogP contribution in [0.25, 0.3) is 0 Å². The van der Waals surface area contributed by atoms with Crippen LogP contribution >= 0.6 is 0 Å². The van der Waals surface area contributed by atoms with Crippen LogP contribution in [0.2, 0.25) is 0 Å². The Labute approximate surface area is 89.2 Å². The van der Waals surface area contributed by atoms with Crippen molar-refractivity contribution in [3.8, 4) is 0 Å². The summed E-state index contributed by atoms with van der Waals surface area (Å²) in [5.41, 5.74) is 5.91. The summed E-state index contributed by atoms with van der Waals surface area (Å²) in [6.07, 6.45) is -2.41. The number of rotatable bonds is 6. The van der Waals surface area contributed by atoms with Gasteiger partial charge >= 0.3 is 12.3 Å². The fourth-order valence-corrected chi connectivity index (χ4v) is 1.02. The van der Waals surface area contributed by atoms with Gasteiger partial charge in [-0.2, -0.15) is 8.78 Å². The van der Waals surface area contributed by atoms with Gasteiger partial charge in [-0.05, 0) is 6.07 Å². The van der Waals surface area contributed by atoms with Gasteiger partial charge in [0.25, 0.3) is 0 Å². The molecule has 1 aromatic rings. The van der Waals surface area contributed by atoms with Crippen LogP contribution in [0, 0.1) is 0 Å². The quantitative estimate of drug-likeness (QED) is 0.776. The van der Waals surface area contributed by atoms with Gasteiger partial charge in [0.15, 0.2) is 0 Å². The number of hydrogen-bond acceptors (Lipinski definition) is 3. The molecule has 0 fully saturated rings. The molecule has 1 heterocycles. The fraction of sp³-hybridized carbons (Fsp3) is 0.556. The largest absolute Gasteiger partial charge is 0.467 e. The SMILES string of the molecule is NCc1ccoc1COCC(F)(F)C(F)F. The van der Waals surface area contributed by atoms with Crippen molar-refractivity contribution < 1.29 is 26.7 Å². The maximum Gasteiger partial charge on any atom is 0.330 e. The zero-order chi connectivity index (χ0) is 12.2. The highest BCUT2D eigenvalue weighted by Gasteiger charge is 2.41. The molecule has 0 saturated carbocycles. The third-order valence-electron chi connectivity index (χ3n) is 1.90. The first-order valence-electron chi connectivity index (χ1n) is 4.46. The van der Waals surface area contributed by atoms with E-state index in [2.05, 4.69) is 4.74 Å². The van der Waals surface area contributed by atoms with Crippen molar-refractivity contribution >= 4 is 0 Å². The second-order valence-corrected chi connectivity index (χ2v) is 3.13. The zero-order valence-corrected chi connectivity index (χ0v) is 8.26. The van der Waals surface area contributed by atoms with E-state index < -0.39 is 19.0 Å². The highest BCUT2D eigenvalue weighted by Crippen LogP contribution is 2.23. The van der Waals surface area contributed by atoms with Gasteiger partial charge in [-0.1, -0.05) is 0 Å². The molecule has 0 saturated heterocycles. The number of halogens is 4. The molecule has 0 atom stereocenters. The van der Waals surface area contributed by atoms with Crippen molar-refractivity contribution in [1.82, 2.24) is 0 Å². The number of ether oxygens (including phenoxy) is 1. The molecule has 3 nitrogen and oxygen atoms in total. The van der Waals surface area contributed by atoms with E-state index in [0.717, 1.165) is 0 Å². The highest BCUT2D eigenvalue weighted by atomic mass is 19.3. The van der Waals surface area contributed by atoms with Crippen LogP contribution in [0.3, 0.4) is 0 Å². The summed E-state index contributed by atoms with van der Waals surface area (Å²) in [5, 5.41) is 0. The molecule has 0 spiro atoms. The van der Waals surface area contributed by atoms with E-state index in [9.17, 15) is 17.6 Å². The third-order valence-corrected chi connectivity index (χ3v) is 1.90. The Morgan fingerprint density at radius 1 is 1.44 bits per heavy atom. The van der Waals surface area contributed by atoms with Gasteiger partial charge in [0, 0.05) is 12.1 Å². The van der Waals surface area contributed by atoms with Gasteiger partial charge in [-0.3, -0.25) is 0 Å². The molecule has 0 bridgehead atoms. The summed E-state index contributed by atoms with van der Waals surface area (Å²) >= 11 is 0. The van der Waals surface area contributed by atoms with Crippen LogP contribution in [0.1, 0.15) is 11.3 Å². The lowest BCUT2D eigenvalue weighted by Crippen LogP contribution is -2.32. The molecule has 0 aliphatic carbocycles. The maximum atomic E-state index is 12.4. The van der Waals surface area contributed by atoms with Crippen molar-refractivity contribution in [1.29, 1.82) is 0 Å². The Kier molecular flexibility index (Phi) is 4.31. The van der Waals surface area contributed by atoms with Gasteiger partial charge in [0.2, 0.25) is 0 Å². The first kappa shape index (κ1) is 13.0. The minimum absolute atomic E-state index is 0.167. The van der Waals surface area contributed by atoms with Crippen LogP contribution in [-0.4, -0.2) is 19.0 Å². The average Bonchev–Trinajstić information content (AvgIpc) is 2.64. The topological polar surface area (TPSA) is 48.4 Å². The lowest BCUT2D eigenvalue weighted by molar-refractivity contribution is -0.169. The highest BCUT2D eigenvalue weighted by molar-refractivity contribution is 5.15.